The molecule has 0 radical (unpaired) electrons. The SMILES string of the molecule is OCC1(CCl)CCOCC1. The van der Waals surface area contributed by atoms with E-state index in [1.165, 1.54) is 0 Å². The summed E-state index contributed by atoms with van der Waals surface area (Å²) >= 11 is 5.72. The van der Waals surface area contributed by atoms with E-state index in [0.29, 0.717) is 5.88 Å². The highest BCUT2D eigenvalue weighted by molar-refractivity contribution is 6.18. The first-order valence-corrected chi connectivity index (χ1v) is 4.11. The third kappa shape index (κ3) is 1.62. The quantitative estimate of drug-likeness (QED) is 0.618. The van der Waals surface area contributed by atoms with Gasteiger partial charge < -0.3 is 9.84 Å². The molecule has 0 amide bonds. The normalized spacial score (nSPS) is 24.6. The summed E-state index contributed by atoms with van der Waals surface area (Å²) in [5, 5.41) is 9.00. The standard InChI is InChI=1S/C7H13ClO2/c8-5-7(6-9)1-3-10-4-2-7/h9H,1-6H2. The Bertz CT molecular complexity index is 93.8. The molecule has 3 heteroatoms. The number of hydrogen-bond acceptors (Lipinski definition) is 2. The van der Waals surface area contributed by atoms with Gasteiger partial charge in [-0.3, -0.25) is 0 Å². The van der Waals surface area contributed by atoms with Crippen molar-refractivity contribution in [3.05, 3.63) is 0 Å². The van der Waals surface area contributed by atoms with Gasteiger partial charge in [-0.2, -0.15) is 0 Å². The molecule has 1 rings (SSSR count). The van der Waals surface area contributed by atoms with E-state index < -0.39 is 0 Å². The van der Waals surface area contributed by atoms with Gasteiger partial charge in [0.05, 0.1) is 6.61 Å². The van der Waals surface area contributed by atoms with Crippen LogP contribution in [0.15, 0.2) is 0 Å². The van der Waals surface area contributed by atoms with E-state index >= 15 is 0 Å². The van der Waals surface area contributed by atoms with Crippen LogP contribution in [0, 0.1) is 5.41 Å². The number of alkyl halides is 1. The lowest BCUT2D eigenvalue weighted by atomic mass is 9.83. The maximum Gasteiger partial charge on any atom is 0.0500 e. The zero-order chi connectivity index (χ0) is 7.45. The van der Waals surface area contributed by atoms with Crippen LogP contribution in [-0.2, 0) is 4.74 Å². The molecule has 0 spiro atoms. The molecule has 2 nitrogen and oxygen atoms in total. The zero-order valence-corrected chi connectivity index (χ0v) is 6.73. The van der Waals surface area contributed by atoms with E-state index in [2.05, 4.69) is 0 Å². The predicted octanol–water partition coefficient (Wildman–Crippen LogP) is 1.01. The first kappa shape index (κ1) is 8.31. The van der Waals surface area contributed by atoms with Gasteiger partial charge in [0, 0.05) is 24.5 Å². The van der Waals surface area contributed by atoms with Crippen LogP contribution in [0.5, 0.6) is 0 Å². The van der Waals surface area contributed by atoms with Gasteiger partial charge in [0.1, 0.15) is 0 Å². The van der Waals surface area contributed by atoms with Crippen molar-refractivity contribution in [2.24, 2.45) is 5.41 Å². The molecule has 0 aromatic heterocycles. The number of ether oxygens (including phenoxy) is 1. The van der Waals surface area contributed by atoms with Crippen LogP contribution in [0.4, 0.5) is 0 Å². The average Bonchev–Trinajstić information content (AvgIpc) is 2.06. The van der Waals surface area contributed by atoms with Crippen molar-refractivity contribution >= 4 is 11.6 Å². The van der Waals surface area contributed by atoms with Crippen molar-refractivity contribution in [2.75, 3.05) is 25.7 Å². The van der Waals surface area contributed by atoms with Crippen LogP contribution in [0.1, 0.15) is 12.8 Å². The van der Waals surface area contributed by atoms with Crippen LogP contribution in [0.25, 0.3) is 0 Å². The highest BCUT2D eigenvalue weighted by Crippen LogP contribution is 2.30. The van der Waals surface area contributed by atoms with E-state index in [-0.39, 0.29) is 12.0 Å². The lowest BCUT2D eigenvalue weighted by molar-refractivity contribution is -0.00350. The fraction of sp³-hybridized carbons (Fsp3) is 1.00. The Labute approximate surface area is 66.1 Å². The Kier molecular flexibility index (Phi) is 2.96. The molecule has 1 aliphatic rings. The van der Waals surface area contributed by atoms with Crippen molar-refractivity contribution in [3.8, 4) is 0 Å². The summed E-state index contributed by atoms with van der Waals surface area (Å²) in [6.07, 6.45) is 1.79. The zero-order valence-electron chi connectivity index (χ0n) is 5.98. The maximum atomic E-state index is 9.00. The Morgan fingerprint density at radius 2 is 2.00 bits per heavy atom. The molecular weight excluding hydrogens is 152 g/mol. The Morgan fingerprint density at radius 1 is 1.40 bits per heavy atom. The summed E-state index contributed by atoms with van der Waals surface area (Å²) in [6, 6.07) is 0. The molecule has 1 saturated heterocycles. The lowest BCUT2D eigenvalue weighted by Gasteiger charge is -2.33. The minimum Gasteiger partial charge on any atom is -0.396 e. The average molecular weight is 165 g/mol. The molecule has 60 valence electrons. The van der Waals surface area contributed by atoms with Crippen molar-refractivity contribution in [3.63, 3.8) is 0 Å². The fourth-order valence-corrected chi connectivity index (χ4v) is 1.49. The van der Waals surface area contributed by atoms with E-state index in [9.17, 15) is 0 Å². The summed E-state index contributed by atoms with van der Waals surface area (Å²) < 4.78 is 5.16. The minimum atomic E-state index is -0.0419. The summed E-state index contributed by atoms with van der Waals surface area (Å²) in [5.74, 6) is 0.548. The Hall–Kier alpha value is 0.210. The van der Waals surface area contributed by atoms with Crippen molar-refractivity contribution < 1.29 is 9.84 Å². The monoisotopic (exact) mass is 164 g/mol. The molecule has 0 aromatic rings. The van der Waals surface area contributed by atoms with Crippen molar-refractivity contribution in [1.82, 2.24) is 0 Å². The molecule has 0 atom stereocenters. The largest absolute Gasteiger partial charge is 0.396 e. The number of halogens is 1. The summed E-state index contributed by atoms with van der Waals surface area (Å²) in [4.78, 5) is 0. The lowest BCUT2D eigenvalue weighted by Crippen LogP contribution is -2.34. The van der Waals surface area contributed by atoms with Gasteiger partial charge in [-0.25, -0.2) is 0 Å². The van der Waals surface area contributed by atoms with Crippen LogP contribution < -0.4 is 0 Å². The Balaban J connectivity index is 2.44. The smallest absolute Gasteiger partial charge is 0.0500 e. The van der Waals surface area contributed by atoms with E-state index in [4.69, 9.17) is 21.4 Å². The van der Waals surface area contributed by atoms with Crippen molar-refractivity contribution in [2.45, 2.75) is 12.8 Å². The first-order chi connectivity index (χ1) is 4.83. The van der Waals surface area contributed by atoms with E-state index in [1.54, 1.807) is 0 Å². The molecule has 0 bridgehead atoms. The first-order valence-electron chi connectivity index (χ1n) is 3.58. The second-order valence-electron chi connectivity index (χ2n) is 2.90. The van der Waals surface area contributed by atoms with Gasteiger partial charge in [0.15, 0.2) is 0 Å². The third-order valence-corrected chi connectivity index (χ3v) is 2.74. The number of aliphatic hydroxyl groups is 1. The molecule has 1 heterocycles. The van der Waals surface area contributed by atoms with Gasteiger partial charge in [0.25, 0.3) is 0 Å². The molecule has 1 fully saturated rings. The number of hydrogen-bond donors (Lipinski definition) is 1. The van der Waals surface area contributed by atoms with Gasteiger partial charge in [-0.15, -0.1) is 11.6 Å². The van der Waals surface area contributed by atoms with E-state index in [0.717, 1.165) is 26.1 Å². The van der Waals surface area contributed by atoms with Crippen LogP contribution in [-0.4, -0.2) is 30.8 Å². The van der Waals surface area contributed by atoms with Gasteiger partial charge in [0.2, 0.25) is 0 Å². The molecule has 0 aromatic carbocycles. The topological polar surface area (TPSA) is 29.5 Å². The molecule has 10 heavy (non-hydrogen) atoms. The second kappa shape index (κ2) is 3.56. The van der Waals surface area contributed by atoms with Gasteiger partial charge in [-0.05, 0) is 12.8 Å². The number of rotatable bonds is 2. The molecule has 0 saturated carbocycles. The summed E-state index contributed by atoms with van der Waals surface area (Å²) in [7, 11) is 0. The van der Waals surface area contributed by atoms with Crippen LogP contribution >= 0.6 is 11.6 Å². The summed E-state index contributed by atoms with van der Waals surface area (Å²) in [5.41, 5.74) is -0.0419. The fourth-order valence-electron chi connectivity index (χ4n) is 1.14. The predicted molar refractivity (Wildman–Crippen MR) is 40.3 cm³/mol. The molecule has 0 aliphatic carbocycles. The van der Waals surface area contributed by atoms with Crippen molar-refractivity contribution in [1.29, 1.82) is 0 Å². The highest BCUT2D eigenvalue weighted by atomic mass is 35.5. The number of aliphatic hydroxyl groups excluding tert-OH is 1. The highest BCUT2D eigenvalue weighted by Gasteiger charge is 2.30. The van der Waals surface area contributed by atoms with Crippen LogP contribution in [0.2, 0.25) is 0 Å². The van der Waals surface area contributed by atoms with Gasteiger partial charge >= 0.3 is 0 Å². The molecule has 1 N–H and O–H groups in total. The minimum absolute atomic E-state index is 0.0419. The molecule has 1 aliphatic heterocycles. The molecule has 0 unspecified atom stereocenters. The maximum absolute atomic E-state index is 9.00. The molecular formula is C7H13ClO2. The third-order valence-electron chi connectivity index (χ3n) is 2.17. The van der Waals surface area contributed by atoms with E-state index in [1.807, 2.05) is 0 Å². The van der Waals surface area contributed by atoms with Crippen LogP contribution in [0.3, 0.4) is 0 Å². The summed E-state index contributed by atoms with van der Waals surface area (Å²) in [6.45, 7) is 1.68. The second-order valence-corrected chi connectivity index (χ2v) is 3.17. The van der Waals surface area contributed by atoms with Gasteiger partial charge in [-0.1, -0.05) is 0 Å². The Morgan fingerprint density at radius 3 is 2.30 bits per heavy atom.